The number of carbonyl (C=O) groups is 1. The molecule has 0 heterocycles. The van der Waals surface area contributed by atoms with Gasteiger partial charge in [-0.15, -0.1) is 0 Å². The number of carbonyl (C=O) groups excluding carboxylic acids is 1. The first-order valence-electron chi connectivity index (χ1n) is 8.41. The van der Waals surface area contributed by atoms with Crippen molar-refractivity contribution in [3.05, 3.63) is 0 Å². The fourth-order valence-electron chi connectivity index (χ4n) is 3.18. The average molecular weight is 298 g/mol. The number of hydrogen-bond donors (Lipinski definition) is 2. The van der Waals surface area contributed by atoms with Crippen LogP contribution in [-0.2, 0) is 4.74 Å². The van der Waals surface area contributed by atoms with E-state index in [1.54, 1.807) is 0 Å². The van der Waals surface area contributed by atoms with Gasteiger partial charge < -0.3 is 15.8 Å². The van der Waals surface area contributed by atoms with E-state index in [4.69, 9.17) is 10.5 Å². The van der Waals surface area contributed by atoms with Crippen LogP contribution in [0.15, 0.2) is 0 Å². The van der Waals surface area contributed by atoms with E-state index in [1.807, 2.05) is 20.8 Å². The van der Waals surface area contributed by atoms with Crippen LogP contribution < -0.4 is 11.1 Å². The van der Waals surface area contributed by atoms with Crippen molar-refractivity contribution in [3.8, 4) is 0 Å². The van der Waals surface area contributed by atoms with Gasteiger partial charge in [-0.1, -0.05) is 26.7 Å². The standard InChI is InChI=1S/C17H34N2O2/c1-12(2)14-8-6-13(7-9-14)10-15(11-18)19-16(20)21-17(3,4)5/h12-15H,6-11,18H2,1-5H3,(H,19,20). The second-order valence-electron chi connectivity index (χ2n) is 7.84. The fraction of sp³-hybridized carbons (Fsp3) is 0.941. The Balaban J connectivity index is 2.36. The van der Waals surface area contributed by atoms with E-state index >= 15 is 0 Å². The molecule has 3 N–H and O–H groups in total. The van der Waals surface area contributed by atoms with Gasteiger partial charge in [-0.3, -0.25) is 0 Å². The molecule has 1 aliphatic carbocycles. The highest BCUT2D eigenvalue weighted by molar-refractivity contribution is 5.68. The fourth-order valence-corrected chi connectivity index (χ4v) is 3.18. The first-order chi connectivity index (χ1) is 9.71. The molecule has 1 fully saturated rings. The van der Waals surface area contributed by atoms with Crippen molar-refractivity contribution in [2.45, 2.75) is 78.4 Å². The molecule has 0 bridgehead atoms. The molecule has 0 saturated heterocycles. The van der Waals surface area contributed by atoms with Gasteiger partial charge in [0.05, 0.1) is 0 Å². The molecular formula is C17H34N2O2. The van der Waals surface area contributed by atoms with E-state index in [0.717, 1.165) is 18.3 Å². The Bertz CT molecular complexity index is 315. The SMILES string of the molecule is CC(C)C1CCC(CC(CN)NC(=O)OC(C)(C)C)CC1. The van der Waals surface area contributed by atoms with Crippen LogP contribution in [0, 0.1) is 17.8 Å². The highest BCUT2D eigenvalue weighted by Crippen LogP contribution is 2.35. The predicted molar refractivity (Wildman–Crippen MR) is 87.1 cm³/mol. The van der Waals surface area contributed by atoms with Crippen LogP contribution in [0.4, 0.5) is 4.79 Å². The number of ether oxygens (including phenoxy) is 1. The molecular weight excluding hydrogens is 264 g/mol. The zero-order valence-corrected chi connectivity index (χ0v) is 14.4. The second kappa shape index (κ2) is 8.02. The van der Waals surface area contributed by atoms with E-state index in [2.05, 4.69) is 19.2 Å². The maximum absolute atomic E-state index is 11.8. The molecule has 0 radical (unpaired) electrons. The third-order valence-corrected chi connectivity index (χ3v) is 4.46. The Morgan fingerprint density at radius 3 is 2.24 bits per heavy atom. The number of hydrogen-bond acceptors (Lipinski definition) is 3. The van der Waals surface area contributed by atoms with Crippen LogP contribution in [-0.4, -0.2) is 24.3 Å². The van der Waals surface area contributed by atoms with Gasteiger partial charge in [0.1, 0.15) is 5.60 Å². The minimum atomic E-state index is -0.460. The Morgan fingerprint density at radius 2 is 1.81 bits per heavy atom. The maximum atomic E-state index is 11.8. The Kier molecular flexibility index (Phi) is 6.98. The molecule has 1 unspecified atom stereocenters. The smallest absolute Gasteiger partial charge is 0.407 e. The normalized spacial score (nSPS) is 24.7. The molecule has 0 spiro atoms. The molecule has 0 aromatic heterocycles. The first-order valence-corrected chi connectivity index (χ1v) is 8.41. The number of alkyl carbamates (subject to hydrolysis) is 1. The van der Waals surface area contributed by atoms with Crippen LogP contribution >= 0.6 is 0 Å². The second-order valence-corrected chi connectivity index (χ2v) is 7.84. The van der Waals surface area contributed by atoms with Crippen molar-refractivity contribution in [1.82, 2.24) is 5.32 Å². The van der Waals surface area contributed by atoms with E-state index in [9.17, 15) is 4.79 Å². The van der Waals surface area contributed by atoms with Crippen molar-refractivity contribution in [1.29, 1.82) is 0 Å². The van der Waals surface area contributed by atoms with Gasteiger partial charge in [-0.25, -0.2) is 4.79 Å². The summed E-state index contributed by atoms with van der Waals surface area (Å²) in [6, 6.07) is 0.0282. The summed E-state index contributed by atoms with van der Waals surface area (Å²) in [6.45, 7) is 10.7. The third kappa shape index (κ3) is 7.16. The number of nitrogens with one attached hydrogen (secondary N) is 1. The van der Waals surface area contributed by atoms with Gasteiger partial charge in [-0.05, 0) is 57.8 Å². The Hall–Kier alpha value is -0.770. The summed E-state index contributed by atoms with van der Waals surface area (Å²) >= 11 is 0. The van der Waals surface area contributed by atoms with Gasteiger partial charge in [0.2, 0.25) is 0 Å². The molecule has 4 heteroatoms. The molecule has 4 nitrogen and oxygen atoms in total. The topological polar surface area (TPSA) is 64.3 Å². The van der Waals surface area contributed by atoms with Gasteiger partial charge in [-0.2, -0.15) is 0 Å². The molecule has 21 heavy (non-hydrogen) atoms. The lowest BCUT2D eigenvalue weighted by Crippen LogP contribution is -2.44. The summed E-state index contributed by atoms with van der Waals surface area (Å²) in [7, 11) is 0. The van der Waals surface area contributed by atoms with E-state index in [1.165, 1.54) is 25.7 Å². The van der Waals surface area contributed by atoms with Crippen LogP contribution in [0.3, 0.4) is 0 Å². The van der Waals surface area contributed by atoms with Crippen molar-refractivity contribution >= 4 is 6.09 Å². The summed E-state index contributed by atoms with van der Waals surface area (Å²) in [4.78, 5) is 11.8. The Labute approximate surface area is 130 Å². The molecule has 1 amide bonds. The molecule has 0 aliphatic heterocycles. The quantitative estimate of drug-likeness (QED) is 0.813. The average Bonchev–Trinajstić information content (AvgIpc) is 2.36. The largest absolute Gasteiger partial charge is 0.444 e. The molecule has 1 saturated carbocycles. The summed E-state index contributed by atoms with van der Waals surface area (Å²) in [5.41, 5.74) is 5.35. The maximum Gasteiger partial charge on any atom is 0.407 e. The zero-order valence-electron chi connectivity index (χ0n) is 14.4. The van der Waals surface area contributed by atoms with E-state index in [0.29, 0.717) is 12.5 Å². The predicted octanol–water partition coefficient (Wildman–Crippen LogP) is 3.69. The molecule has 1 rings (SSSR count). The van der Waals surface area contributed by atoms with Crippen molar-refractivity contribution < 1.29 is 9.53 Å². The monoisotopic (exact) mass is 298 g/mol. The van der Waals surface area contributed by atoms with Gasteiger partial charge >= 0.3 is 6.09 Å². The summed E-state index contributed by atoms with van der Waals surface area (Å²) in [6.07, 6.45) is 5.76. The lowest BCUT2D eigenvalue weighted by atomic mass is 9.75. The zero-order chi connectivity index (χ0) is 16.0. The van der Waals surface area contributed by atoms with Crippen LogP contribution in [0.1, 0.15) is 66.7 Å². The van der Waals surface area contributed by atoms with E-state index < -0.39 is 5.60 Å². The summed E-state index contributed by atoms with van der Waals surface area (Å²) in [5.74, 6) is 2.34. The van der Waals surface area contributed by atoms with E-state index in [-0.39, 0.29) is 12.1 Å². The summed E-state index contributed by atoms with van der Waals surface area (Å²) in [5, 5.41) is 2.92. The highest BCUT2D eigenvalue weighted by atomic mass is 16.6. The van der Waals surface area contributed by atoms with Gasteiger partial charge in [0, 0.05) is 12.6 Å². The Morgan fingerprint density at radius 1 is 1.24 bits per heavy atom. The summed E-state index contributed by atoms with van der Waals surface area (Å²) < 4.78 is 5.30. The molecule has 1 atom stereocenters. The lowest BCUT2D eigenvalue weighted by Gasteiger charge is -2.33. The van der Waals surface area contributed by atoms with Crippen LogP contribution in [0.5, 0.6) is 0 Å². The van der Waals surface area contributed by atoms with Gasteiger partial charge in [0.25, 0.3) is 0 Å². The number of rotatable bonds is 5. The minimum absolute atomic E-state index is 0.0282. The van der Waals surface area contributed by atoms with Crippen molar-refractivity contribution in [3.63, 3.8) is 0 Å². The molecule has 124 valence electrons. The number of nitrogens with two attached hydrogens (primary N) is 1. The van der Waals surface area contributed by atoms with Crippen molar-refractivity contribution in [2.24, 2.45) is 23.5 Å². The van der Waals surface area contributed by atoms with Crippen LogP contribution in [0.2, 0.25) is 0 Å². The van der Waals surface area contributed by atoms with Crippen LogP contribution in [0.25, 0.3) is 0 Å². The van der Waals surface area contributed by atoms with Crippen molar-refractivity contribution in [2.75, 3.05) is 6.54 Å². The highest BCUT2D eigenvalue weighted by Gasteiger charge is 2.26. The third-order valence-electron chi connectivity index (χ3n) is 4.46. The lowest BCUT2D eigenvalue weighted by molar-refractivity contribution is 0.0495. The molecule has 0 aromatic rings. The first kappa shape index (κ1) is 18.3. The van der Waals surface area contributed by atoms with Gasteiger partial charge in [0.15, 0.2) is 0 Å². The molecule has 0 aromatic carbocycles. The molecule has 1 aliphatic rings. The minimum Gasteiger partial charge on any atom is -0.444 e. The number of amides is 1.